The highest BCUT2D eigenvalue weighted by molar-refractivity contribution is 5.74. The lowest BCUT2D eigenvalue weighted by Crippen LogP contribution is -2.39. The lowest BCUT2D eigenvalue weighted by molar-refractivity contribution is 0.193. The van der Waals surface area contributed by atoms with Crippen LogP contribution < -0.4 is 5.32 Å². The molecule has 146 valence electrons. The summed E-state index contributed by atoms with van der Waals surface area (Å²) in [5.74, 6) is 1.80. The minimum absolute atomic E-state index is 0.142. The van der Waals surface area contributed by atoms with Gasteiger partial charge in [-0.25, -0.2) is 4.79 Å². The molecule has 1 saturated carbocycles. The molecule has 2 aromatic heterocycles. The number of hydrogen-bond acceptors (Lipinski definition) is 5. The van der Waals surface area contributed by atoms with Crippen molar-refractivity contribution >= 4 is 6.03 Å². The zero-order valence-corrected chi connectivity index (χ0v) is 16.1. The lowest BCUT2D eigenvalue weighted by atomic mass is 10.1. The number of nitrogens with one attached hydrogen (secondary N) is 2. The van der Waals surface area contributed by atoms with Gasteiger partial charge in [-0.05, 0) is 25.8 Å². The number of nitrogens with zero attached hydrogens (tertiary/aromatic N) is 4. The van der Waals surface area contributed by atoms with Crippen LogP contribution in [0.1, 0.15) is 49.1 Å². The number of aromatic amines is 1. The number of amides is 2. The molecule has 1 aliphatic rings. The molecule has 0 spiro atoms. The highest BCUT2D eigenvalue weighted by Crippen LogP contribution is 2.38. The molecular weight excluding hydrogens is 356 g/mol. The summed E-state index contributed by atoms with van der Waals surface area (Å²) in [6.07, 6.45) is 2.80. The first-order chi connectivity index (χ1) is 13.6. The number of aromatic nitrogens is 4. The molecule has 1 atom stereocenters. The van der Waals surface area contributed by atoms with Crippen LogP contribution in [-0.4, -0.2) is 44.9 Å². The predicted octanol–water partition coefficient (Wildman–Crippen LogP) is 3.28. The molecule has 2 heterocycles. The molecule has 28 heavy (non-hydrogen) atoms. The van der Waals surface area contributed by atoms with Crippen LogP contribution in [0.2, 0.25) is 0 Å². The van der Waals surface area contributed by atoms with Crippen LogP contribution in [0.25, 0.3) is 11.3 Å². The number of rotatable bonds is 7. The van der Waals surface area contributed by atoms with Crippen molar-refractivity contribution in [2.24, 2.45) is 0 Å². The van der Waals surface area contributed by atoms with Gasteiger partial charge >= 0.3 is 6.03 Å². The van der Waals surface area contributed by atoms with Gasteiger partial charge in [-0.2, -0.15) is 10.1 Å². The highest BCUT2D eigenvalue weighted by atomic mass is 16.5. The van der Waals surface area contributed by atoms with Gasteiger partial charge in [-0.3, -0.25) is 5.10 Å². The first kappa shape index (κ1) is 18.2. The van der Waals surface area contributed by atoms with E-state index in [-0.39, 0.29) is 12.1 Å². The molecule has 8 nitrogen and oxygen atoms in total. The van der Waals surface area contributed by atoms with Crippen molar-refractivity contribution in [1.29, 1.82) is 0 Å². The second-order valence-electron chi connectivity index (χ2n) is 7.17. The smallest absolute Gasteiger partial charge is 0.317 e. The summed E-state index contributed by atoms with van der Waals surface area (Å²) >= 11 is 0. The summed E-state index contributed by atoms with van der Waals surface area (Å²) in [6, 6.07) is 11.6. The Morgan fingerprint density at radius 1 is 1.36 bits per heavy atom. The van der Waals surface area contributed by atoms with Crippen LogP contribution in [0.15, 0.2) is 40.9 Å². The van der Waals surface area contributed by atoms with E-state index in [4.69, 9.17) is 4.52 Å². The molecule has 0 unspecified atom stereocenters. The molecule has 2 N–H and O–H groups in total. The molecule has 2 amide bonds. The molecule has 0 saturated heterocycles. The number of benzene rings is 1. The van der Waals surface area contributed by atoms with Crippen LogP contribution in [0, 0.1) is 0 Å². The minimum Gasteiger partial charge on any atom is -0.339 e. The molecule has 8 heteroatoms. The fourth-order valence-corrected chi connectivity index (χ4v) is 2.96. The molecule has 0 bridgehead atoms. The van der Waals surface area contributed by atoms with Crippen LogP contribution in [0.4, 0.5) is 4.79 Å². The Labute approximate surface area is 163 Å². The van der Waals surface area contributed by atoms with Gasteiger partial charge in [0.15, 0.2) is 5.82 Å². The number of carbonyl (C=O) groups is 1. The maximum absolute atomic E-state index is 12.5. The van der Waals surface area contributed by atoms with Crippen molar-refractivity contribution < 1.29 is 9.32 Å². The van der Waals surface area contributed by atoms with Gasteiger partial charge < -0.3 is 14.7 Å². The van der Waals surface area contributed by atoms with Crippen molar-refractivity contribution in [3.8, 4) is 11.3 Å². The Bertz CT molecular complexity index is 931. The maximum Gasteiger partial charge on any atom is 0.317 e. The molecule has 3 aromatic rings. The van der Waals surface area contributed by atoms with Crippen LogP contribution >= 0.6 is 0 Å². The highest BCUT2D eigenvalue weighted by Gasteiger charge is 2.29. The van der Waals surface area contributed by atoms with Gasteiger partial charge in [0.05, 0.1) is 17.4 Å². The van der Waals surface area contributed by atoms with Crippen molar-refractivity contribution in [3.63, 3.8) is 0 Å². The summed E-state index contributed by atoms with van der Waals surface area (Å²) in [6.45, 7) is 2.42. The fraction of sp³-hybridized carbons (Fsp3) is 0.400. The third-order valence-corrected chi connectivity index (χ3v) is 5.05. The predicted molar refractivity (Wildman–Crippen MR) is 104 cm³/mol. The monoisotopic (exact) mass is 380 g/mol. The van der Waals surface area contributed by atoms with E-state index in [9.17, 15) is 4.79 Å². The largest absolute Gasteiger partial charge is 0.339 e. The fourth-order valence-electron chi connectivity index (χ4n) is 2.96. The molecule has 1 fully saturated rings. The van der Waals surface area contributed by atoms with Gasteiger partial charge in [0.2, 0.25) is 5.89 Å². The SMILES string of the molecule is C[C@@H](c1cc(-c2ccccc2)n[nH]1)N(C)C(=O)NCCc1noc(C2CC2)n1. The summed E-state index contributed by atoms with van der Waals surface area (Å²) in [5, 5.41) is 14.3. The Kier molecular flexibility index (Phi) is 5.10. The van der Waals surface area contributed by atoms with E-state index in [1.165, 1.54) is 0 Å². The van der Waals surface area contributed by atoms with E-state index in [0.29, 0.717) is 24.7 Å². The van der Waals surface area contributed by atoms with E-state index in [2.05, 4.69) is 25.7 Å². The first-order valence-electron chi connectivity index (χ1n) is 9.55. The molecular formula is C20H24N6O2. The van der Waals surface area contributed by atoms with Gasteiger partial charge in [-0.1, -0.05) is 35.5 Å². The minimum atomic E-state index is -0.158. The van der Waals surface area contributed by atoms with Gasteiger partial charge in [0.1, 0.15) is 0 Å². The summed E-state index contributed by atoms with van der Waals surface area (Å²) < 4.78 is 5.23. The number of H-pyrrole nitrogens is 1. The van der Waals surface area contributed by atoms with E-state index in [0.717, 1.165) is 35.7 Å². The molecule has 1 aliphatic carbocycles. The van der Waals surface area contributed by atoms with Crippen LogP contribution in [-0.2, 0) is 6.42 Å². The Morgan fingerprint density at radius 2 is 2.14 bits per heavy atom. The lowest BCUT2D eigenvalue weighted by Gasteiger charge is -2.24. The second-order valence-corrected chi connectivity index (χ2v) is 7.17. The quantitative estimate of drug-likeness (QED) is 0.655. The van der Waals surface area contributed by atoms with Crippen molar-refractivity contribution in [3.05, 3.63) is 53.8 Å². The van der Waals surface area contributed by atoms with E-state index in [1.54, 1.807) is 11.9 Å². The van der Waals surface area contributed by atoms with E-state index in [1.807, 2.05) is 43.3 Å². The van der Waals surface area contributed by atoms with Gasteiger partial charge in [-0.15, -0.1) is 0 Å². The standard InChI is InChI=1S/C20H24N6O2/c1-13(16-12-17(24-23-16)14-6-4-3-5-7-14)26(2)20(27)21-11-10-18-22-19(28-25-18)15-8-9-15/h3-7,12-13,15H,8-11H2,1-2H3,(H,21,27)(H,23,24)/t13-/m0/s1. The average Bonchev–Trinajstić information content (AvgIpc) is 3.26. The van der Waals surface area contributed by atoms with Crippen LogP contribution in [0.5, 0.6) is 0 Å². The van der Waals surface area contributed by atoms with Crippen molar-refractivity contribution in [2.75, 3.05) is 13.6 Å². The summed E-state index contributed by atoms with van der Waals surface area (Å²) in [7, 11) is 1.77. The topological polar surface area (TPSA) is 99.9 Å². The molecule has 4 rings (SSSR count). The Balaban J connectivity index is 1.29. The Morgan fingerprint density at radius 3 is 2.89 bits per heavy atom. The summed E-state index contributed by atoms with van der Waals surface area (Å²) in [4.78, 5) is 18.5. The number of carbonyl (C=O) groups excluding carboxylic acids is 1. The normalized spacial score (nSPS) is 14.6. The van der Waals surface area contributed by atoms with E-state index < -0.39 is 0 Å². The average molecular weight is 380 g/mol. The third kappa shape index (κ3) is 4.05. The van der Waals surface area contributed by atoms with Crippen LogP contribution in [0.3, 0.4) is 0 Å². The van der Waals surface area contributed by atoms with Gasteiger partial charge in [0.25, 0.3) is 0 Å². The van der Waals surface area contributed by atoms with Crippen molar-refractivity contribution in [2.45, 2.75) is 38.1 Å². The first-order valence-corrected chi connectivity index (χ1v) is 9.55. The maximum atomic E-state index is 12.5. The molecule has 0 aliphatic heterocycles. The van der Waals surface area contributed by atoms with E-state index >= 15 is 0 Å². The number of hydrogen-bond donors (Lipinski definition) is 2. The zero-order valence-electron chi connectivity index (χ0n) is 16.1. The Hall–Kier alpha value is -3.16. The van der Waals surface area contributed by atoms with Gasteiger partial charge in [0, 0.05) is 31.5 Å². The second kappa shape index (κ2) is 7.84. The van der Waals surface area contributed by atoms with Crippen molar-refractivity contribution in [1.82, 2.24) is 30.6 Å². The zero-order chi connectivity index (χ0) is 19.5. The number of urea groups is 1. The molecule has 1 aromatic carbocycles. The summed E-state index contributed by atoms with van der Waals surface area (Å²) in [5.41, 5.74) is 2.78. The molecule has 0 radical (unpaired) electrons. The third-order valence-electron chi connectivity index (χ3n) is 5.05.